The number of thioether (sulfide) groups is 1. The van der Waals surface area contributed by atoms with Gasteiger partial charge in [-0.15, -0.1) is 0 Å². The van der Waals surface area contributed by atoms with Gasteiger partial charge in [0.2, 0.25) is 0 Å². The van der Waals surface area contributed by atoms with E-state index in [-0.39, 0.29) is 17.2 Å². The quantitative estimate of drug-likeness (QED) is 0.188. The van der Waals surface area contributed by atoms with E-state index in [1.807, 2.05) is 31.2 Å². The highest BCUT2D eigenvalue weighted by Gasteiger charge is 2.35. The van der Waals surface area contributed by atoms with E-state index in [9.17, 15) is 18.4 Å². The highest BCUT2D eigenvalue weighted by molar-refractivity contribution is 8.15. The van der Waals surface area contributed by atoms with Crippen molar-refractivity contribution in [3.8, 4) is 11.5 Å². The van der Waals surface area contributed by atoms with Crippen LogP contribution in [0.4, 0.5) is 14.5 Å². The van der Waals surface area contributed by atoms with Gasteiger partial charge in [0.05, 0.1) is 18.0 Å². The number of aromatic nitrogens is 1. The molecule has 1 amide bonds. The van der Waals surface area contributed by atoms with Gasteiger partial charge in [-0.3, -0.25) is 14.5 Å². The van der Waals surface area contributed by atoms with Crippen molar-refractivity contribution in [1.29, 1.82) is 0 Å². The maximum atomic E-state index is 13.6. The Morgan fingerprint density at radius 1 is 1.02 bits per heavy atom. The van der Waals surface area contributed by atoms with Crippen LogP contribution in [0, 0.1) is 6.92 Å². The second-order valence-corrected chi connectivity index (χ2v) is 10.3. The van der Waals surface area contributed by atoms with Crippen LogP contribution in [0.25, 0.3) is 17.0 Å². The Morgan fingerprint density at radius 2 is 1.70 bits per heavy atom. The van der Waals surface area contributed by atoms with Gasteiger partial charge in [0, 0.05) is 22.2 Å². The Labute approximate surface area is 233 Å². The number of hydrogen-bond acceptors (Lipinski definition) is 6. The van der Waals surface area contributed by atoms with Gasteiger partial charge in [-0.1, -0.05) is 42.1 Å². The van der Waals surface area contributed by atoms with Gasteiger partial charge >= 0.3 is 6.61 Å². The first kappa shape index (κ1) is 27.1. The van der Waals surface area contributed by atoms with Crippen molar-refractivity contribution in [2.24, 2.45) is 4.99 Å². The normalized spacial score (nSPS) is 15.2. The Hall–Kier alpha value is -4.44. The van der Waals surface area contributed by atoms with E-state index in [2.05, 4.69) is 14.7 Å². The summed E-state index contributed by atoms with van der Waals surface area (Å²) in [5.74, 6) is 0.114. The van der Waals surface area contributed by atoms with E-state index in [0.29, 0.717) is 22.2 Å². The minimum Gasteiger partial charge on any atom is -0.497 e. The number of methoxy groups -OCH3 is 1. The van der Waals surface area contributed by atoms with Gasteiger partial charge in [0.25, 0.3) is 5.91 Å². The van der Waals surface area contributed by atoms with E-state index in [4.69, 9.17) is 4.74 Å². The Morgan fingerprint density at radius 3 is 2.38 bits per heavy atom. The second-order valence-electron chi connectivity index (χ2n) is 9.00. The maximum absolute atomic E-state index is 13.6. The molecule has 0 saturated carbocycles. The summed E-state index contributed by atoms with van der Waals surface area (Å²) >= 11 is 1.15. The second kappa shape index (κ2) is 11.4. The summed E-state index contributed by atoms with van der Waals surface area (Å²) in [7, 11) is 1.57. The smallest absolute Gasteiger partial charge is 0.387 e. The maximum Gasteiger partial charge on any atom is 0.387 e. The highest BCUT2D eigenvalue weighted by atomic mass is 32.2. The third kappa shape index (κ3) is 5.48. The van der Waals surface area contributed by atoms with Crippen LogP contribution in [0.2, 0.25) is 0 Å². The molecule has 1 N–H and O–H groups in total. The van der Waals surface area contributed by atoms with Gasteiger partial charge < -0.3 is 14.5 Å². The Balaban J connectivity index is 1.48. The molecule has 40 heavy (non-hydrogen) atoms. The number of rotatable bonds is 8. The predicted molar refractivity (Wildman–Crippen MR) is 153 cm³/mol. The number of aliphatic imine (C=N–C) groups is 1. The zero-order valence-corrected chi connectivity index (χ0v) is 22.7. The lowest BCUT2D eigenvalue weighted by atomic mass is 10.1. The topological polar surface area (TPSA) is 84.0 Å². The number of para-hydroxylation sites is 1. The number of aryl methyl sites for hydroxylation is 1. The van der Waals surface area contributed by atoms with E-state index in [1.54, 1.807) is 44.4 Å². The van der Waals surface area contributed by atoms with Gasteiger partial charge in [-0.25, -0.2) is 4.99 Å². The number of benzene rings is 3. The van der Waals surface area contributed by atoms with Crippen LogP contribution in [0.1, 0.15) is 28.5 Å². The molecule has 0 radical (unpaired) electrons. The number of carbonyl (C=O) groups is 2. The molecule has 0 saturated heterocycles. The number of hydrogen-bond donors (Lipinski definition) is 1. The van der Waals surface area contributed by atoms with Crippen LogP contribution in [-0.2, 0) is 4.79 Å². The lowest BCUT2D eigenvalue weighted by Gasteiger charge is -2.20. The molecule has 3 aromatic carbocycles. The fourth-order valence-electron chi connectivity index (χ4n) is 4.45. The minimum atomic E-state index is -2.97. The van der Waals surface area contributed by atoms with Gasteiger partial charge in [0.1, 0.15) is 17.2 Å². The molecule has 5 rings (SSSR count). The average Bonchev–Trinajstić information content (AvgIpc) is 3.43. The number of ketones is 1. The molecule has 10 heteroatoms. The summed E-state index contributed by atoms with van der Waals surface area (Å²) in [5, 5.41) is 0.535. The molecule has 0 spiro atoms. The van der Waals surface area contributed by atoms with Crippen LogP contribution in [0.5, 0.6) is 11.5 Å². The minimum absolute atomic E-state index is 0.0381. The van der Waals surface area contributed by atoms with Crippen molar-refractivity contribution in [3.63, 3.8) is 0 Å². The van der Waals surface area contributed by atoms with Gasteiger partial charge in [-0.2, -0.15) is 8.78 Å². The number of Topliss-reactive ketones (excluding diaryl/α,β-unsaturated/α-hetero) is 1. The number of fused-ring (bicyclic) bond motifs is 1. The van der Waals surface area contributed by atoms with Crippen molar-refractivity contribution in [2.45, 2.75) is 25.7 Å². The molecule has 2 heterocycles. The lowest BCUT2D eigenvalue weighted by molar-refractivity contribution is -0.113. The number of nitrogens with zero attached hydrogens (tertiary/aromatic N) is 2. The molecule has 204 valence electrons. The molecule has 0 bridgehead atoms. The van der Waals surface area contributed by atoms with Crippen LogP contribution < -0.4 is 14.4 Å². The van der Waals surface area contributed by atoms with Gasteiger partial charge in [-0.05, 0) is 68.0 Å². The van der Waals surface area contributed by atoms with Crippen molar-refractivity contribution in [1.82, 2.24) is 4.98 Å². The molecule has 0 aliphatic carbocycles. The summed E-state index contributed by atoms with van der Waals surface area (Å²) in [5.41, 5.74) is 3.52. The number of amidine groups is 1. The average molecular weight is 562 g/mol. The molecule has 1 aliphatic heterocycles. The summed E-state index contributed by atoms with van der Waals surface area (Å²) < 4.78 is 35.0. The van der Waals surface area contributed by atoms with Crippen molar-refractivity contribution in [2.75, 3.05) is 12.0 Å². The van der Waals surface area contributed by atoms with Crippen LogP contribution in [0.3, 0.4) is 0 Å². The first-order valence-corrected chi connectivity index (χ1v) is 13.2. The van der Waals surface area contributed by atoms with Gasteiger partial charge in [0.15, 0.2) is 11.0 Å². The van der Waals surface area contributed by atoms with Crippen molar-refractivity contribution in [3.05, 3.63) is 95.3 Å². The largest absolute Gasteiger partial charge is 0.497 e. The summed E-state index contributed by atoms with van der Waals surface area (Å²) in [6, 6.07) is 20.4. The van der Waals surface area contributed by atoms with Crippen molar-refractivity contribution >= 4 is 51.3 Å². The Kier molecular flexibility index (Phi) is 7.70. The lowest BCUT2D eigenvalue weighted by Crippen LogP contribution is -2.32. The van der Waals surface area contributed by atoms with Crippen LogP contribution in [0.15, 0.2) is 83.5 Å². The molecule has 7 nitrogen and oxygen atoms in total. The Bertz CT molecular complexity index is 1630. The molecule has 1 aliphatic rings. The number of alkyl halides is 2. The van der Waals surface area contributed by atoms with E-state index >= 15 is 0 Å². The molecule has 1 atom stereocenters. The first-order valence-electron chi connectivity index (χ1n) is 12.4. The zero-order chi connectivity index (χ0) is 28.4. The monoisotopic (exact) mass is 561 g/mol. The summed E-state index contributed by atoms with van der Waals surface area (Å²) in [6.07, 6.45) is 1.65. The number of anilines is 1. The van der Waals surface area contributed by atoms with E-state index < -0.39 is 17.8 Å². The van der Waals surface area contributed by atoms with Crippen LogP contribution in [-0.4, -0.2) is 40.8 Å². The number of H-pyrrole nitrogens is 1. The SMILES string of the molecule is COc1ccc(/C=C2/N=C(SC(C)C(=O)c3c(C)[nH]c4ccccc34)N(c3ccc(OC(F)F)cc3)C2=O)cc1. The molecular formula is C30H25F2N3O4S. The van der Waals surface area contributed by atoms with Crippen molar-refractivity contribution < 1.29 is 27.8 Å². The summed E-state index contributed by atoms with van der Waals surface area (Å²) in [6.45, 7) is 0.655. The molecule has 1 aromatic heterocycles. The third-order valence-corrected chi connectivity index (χ3v) is 7.41. The molecule has 1 unspecified atom stereocenters. The molecular weight excluding hydrogens is 536 g/mol. The first-order chi connectivity index (χ1) is 19.2. The van der Waals surface area contributed by atoms with E-state index in [1.165, 1.54) is 29.2 Å². The highest BCUT2D eigenvalue weighted by Crippen LogP contribution is 2.34. The number of amides is 1. The number of halogens is 2. The number of ether oxygens (including phenoxy) is 2. The fourth-order valence-corrected chi connectivity index (χ4v) is 5.43. The molecule has 0 fully saturated rings. The number of aromatic amines is 1. The van der Waals surface area contributed by atoms with E-state index in [0.717, 1.165) is 33.9 Å². The van der Waals surface area contributed by atoms with Crippen LogP contribution >= 0.6 is 11.8 Å². The fraction of sp³-hybridized carbons (Fsp3) is 0.167. The number of carbonyl (C=O) groups excluding carboxylic acids is 2. The zero-order valence-electron chi connectivity index (χ0n) is 21.9. The summed E-state index contributed by atoms with van der Waals surface area (Å²) in [4.78, 5) is 36.4. The third-order valence-electron chi connectivity index (χ3n) is 6.36. The molecule has 4 aromatic rings. The standard InChI is InChI=1S/C30H25F2N3O4S/c1-17-26(23-6-4-5-7-24(23)33-17)27(36)18(2)40-30-34-25(16-19-8-12-21(38-3)13-9-19)28(37)35(30)20-10-14-22(15-11-20)39-29(31)32/h4-16,18,29,33H,1-3H3/b25-16+. The predicted octanol–water partition coefficient (Wildman–Crippen LogP) is 6.83. The number of nitrogens with one attached hydrogen (secondary N) is 1.